The number of carbonyl (C=O) groups is 1. The average Bonchev–Trinajstić information content (AvgIpc) is 2.63. The number of benzene rings is 1. The second-order valence-electron chi connectivity index (χ2n) is 2.80. The van der Waals surface area contributed by atoms with Crippen molar-refractivity contribution < 1.29 is 9.21 Å². The molecule has 3 nitrogen and oxygen atoms in total. The Morgan fingerprint density at radius 3 is 2.86 bits per heavy atom. The number of furan rings is 1. The van der Waals surface area contributed by atoms with E-state index in [-0.39, 0.29) is 24.7 Å². The second-order valence-corrected chi connectivity index (χ2v) is 2.80. The minimum absolute atomic E-state index is 0. The molecule has 2 N–H and O–H groups in total. The molecule has 14 heavy (non-hydrogen) atoms. The lowest BCUT2D eigenvalue weighted by atomic mass is 10.1. The molecule has 0 aliphatic heterocycles. The first-order valence-corrected chi connectivity index (χ1v) is 4.02. The van der Waals surface area contributed by atoms with Crippen molar-refractivity contribution in [2.24, 2.45) is 5.73 Å². The number of rotatable bonds is 2. The van der Waals surface area contributed by atoms with Crippen LogP contribution in [0.3, 0.4) is 0 Å². The molecule has 74 valence electrons. The van der Waals surface area contributed by atoms with Crippen molar-refractivity contribution in [2.45, 2.75) is 0 Å². The Hall–Kier alpha value is -1.32. The molecule has 0 fully saturated rings. The molecule has 0 spiro atoms. The number of hydrogen-bond donors (Lipinski definition) is 1. The molecule has 2 rings (SSSR count). The highest BCUT2D eigenvalue weighted by atomic mass is 35.5. The monoisotopic (exact) mass is 211 g/mol. The Kier molecular flexibility index (Phi) is 3.28. The van der Waals surface area contributed by atoms with Crippen molar-refractivity contribution in [1.82, 2.24) is 0 Å². The first-order chi connectivity index (χ1) is 6.31. The lowest BCUT2D eigenvalue weighted by Gasteiger charge is -1.96. The molecule has 0 aliphatic rings. The zero-order valence-electron chi connectivity index (χ0n) is 7.40. The van der Waals surface area contributed by atoms with Crippen LogP contribution in [-0.4, -0.2) is 12.3 Å². The summed E-state index contributed by atoms with van der Waals surface area (Å²) in [6, 6.07) is 7.11. The lowest BCUT2D eigenvalue weighted by molar-refractivity contribution is 0.100. The third-order valence-corrected chi connectivity index (χ3v) is 1.96. The van der Waals surface area contributed by atoms with Gasteiger partial charge in [0.1, 0.15) is 5.58 Å². The van der Waals surface area contributed by atoms with Crippen LogP contribution in [0.15, 0.2) is 34.9 Å². The van der Waals surface area contributed by atoms with Crippen LogP contribution in [0.2, 0.25) is 0 Å². The summed E-state index contributed by atoms with van der Waals surface area (Å²) in [5.74, 6) is -0.0527. The van der Waals surface area contributed by atoms with E-state index in [2.05, 4.69) is 0 Å². The van der Waals surface area contributed by atoms with E-state index in [1.807, 2.05) is 6.07 Å². The fourth-order valence-electron chi connectivity index (χ4n) is 1.26. The normalized spacial score (nSPS) is 9.79. The predicted octanol–water partition coefficient (Wildman–Crippen LogP) is 2.00. The smallest absolute Gasteiger partial charge is 0.176 e. The van der Waals surface area contributed by atoms with Crippen molar-refractivity contribution in [1.29, 1.82) is 0 Å². The molecule has 0 bridgehead atoms. The summed E-state index contributed by atoms with van der Waals surface area (Å²) in [7, 11) is 0. The quantitative estimate of drug-likeness (QED) is 0.773. The van der Waals surface area contributed by atoms with Gasteiger partial charge in [-0.3, -0.25) is 4.79 Å². The van der Waals surface area contributed by atoms with Crippen LogP contribution in [0.1, 0.15) is 10.4 Å². The maximum Gasteiger partial charge on any atom is 0.176 e. The fourth-order valence-corrected chi connectivity index (χ4v) is 1.26. The molecule has 0 saturated carbocycles. The van der Waals surface area contributed by atoms with Gasteiger partial charge in [0.25, 0.3) is 0 Å². The van der Waals surface area contributed by atoms with E-state index in [4.69, 9.17) is 10.2 Å². The molecule has 1 aromatic heterocycles. The third-order valence-electron chi connectivity index (χ3n) is 1.96. The minimum atomic E-state index is -0.0527. The highest BCUT2D eigenvalue weighted by Gasteiger charge is 2.04. The summed E-state index contributed by atoms with van der Waals surface area (Å²) in [5, 5.41) is 0.930. The van der Waals surface area contributed by atoms with Crippen LogP contribution in [0.4, 0.5) is 0 Å². The zero-order valence-corrected chi connectivity index (χ0v) is 8.21. The van der Waals surface area contributed by atoms with Crippen LogP contribution < -0.4 is 5.73 Å². The molecule has 1 heterocycles. The van der Waals surface area contributed by atoms with Crippen LogP contribution in [-0.2, 0) is 0 Å². The van der Waals surface area contributed by atoms with Crippen LogP contribution in [0, 0.1) is 0 Å². The third kappa shape index (κ3) is 1.78. The molecule has 0 aliphatic carbocycles. The van der Waals surface area contributed by atoms with Gasteiger partial charge in [-0.15, -0.1) is 12.4 Å². The SMILES string of the molecule is Cl.NCC(=O)c1ccc2occc2c1. The standard InChI is InChI=1S/C10H9NO2.ClH/c11-6-9(12)7-1-2-10-8(5-7)3-4-13-10;/h1-5H,6,11H2;1H. The van der Waals surface area contributed by atoms with Gasteiger partial charge in [0.05, 0.1) is 12.8 Å². The molecule has 0 saturated heterocycles. The van der Waals surface area contributed by atoms with E-state index in [9.17, 15) is 4.79 Å². The van der Waals surface area contributed by atoms with Gasteiger partial charge in [-0.25, -0.2) is 0 Å². The molecule has 0 amide bonds. The van der Waals surface area contributed by atoms with E-state index < -0.39 is 0 Å². The van der Waals surface area contributed by atoms with Gasteiger partial charge in [-0.05, 0) is 24.3 Å². The zero-order chi connectivity index (χ0) is 9.26. The number of carbonyl (C=O) groups excluding carboxylic acids is 1. The van der Waals surface area contributed by atoms with E-state index in [0.717, 1.165) is 11.0 Å². The van der Waals surface area contributed by atoms with Gasteiger partial charge < -0.3 is 10.2 Å². The summed E-state index contributed by atoms with van der Waals surface area (Å²) >= 11 is 0. The largest absolute Gasteiger partial charge is 0.464 e. The highest BCUT2D eigenvalue weighted by molar-refractivity contribution is 6.00. The van der Waals surface area contributed by atoms with Crippen molar-refractivity contribution in [2.75, 3.05) is 6.54 Å². The molecular weight excluding hydrogens is 202 g/mol. The Morgan fingerprint density at radius 1 is 1.36 bits per heavy atom. The number of nitrogens with two attached hydrogens (primary N) is 1. The second kappa shape index (κ2) is 4.26. The number of ketones is 1. The van der Waals surface area contributed by atoms with Crippen molar-refractivity contribution in [3.63, 3.8) is 0 Å². The average molecular weight is 212 g/mol. The maximum atomic E-state index is 11.2. The fraction of sp³-hybridized carbons (Fsp3) is 0.100. The molecule has 2 aromatic rings. The van der Waals surface area contributed by atoms with Gasteiger partial charge in [-0.2, -0.15) is 0 Å². The molecule has 4 heteroatoms. The summed E-state index contributed by atoms with van der Waals surface area (Å²) in [5.41, 5.74) is 6.67. The summed E-state index contributed by atoms with van der Waals surface area (Å²) in [6.07, 6.45) is 1.60. The molecule has 0 radical (unpaired) electrons. The van der Waals surface area contributed by atoms with Crippen LogP contribution in [0.5, 0.6) is 0 Å². The molecule has 0 atom stereocenters. The Labute approximate surface area is 87.3 Å². The van der Waals surface area contributed by atoms with Gasteiger partial charge in [0, 0.05) is 10.9 Å². The topological polar surface area (TPSA) is 56.2 Å². The van der Waals surface area contributed by atoms with Gasteiger partial charge in [0.2, 0.25) is 0 Å². The summed E-state index contributed by atoms with van der Waals surface area (Å²) < 4.78 is 5.14. The van der Waals surface area contributed by atoms with E-state index in [1.165, 1.54) is 0 Å². The van der Waals surface area contributed by atoms with Crippen molar-refractivity contribution >= 4 is 29.2 Å². The number of fused-ring (bicyclic) bond motifs is 1. The maximum absolute atomic E-state index is 11.2. The molecule has 0 unspecified atom stereocenters. The summed E-state index contributed by atoms with van der Waals surface area (Å²) in [4.78, 5) is 11.2. The number of Topliss-reactive ketones (excluding diaryl/α,β-unsaturated/α-hetero) is 1. The number of halogens is 1. The van der Waals surface area contributed by atoms with Gasteiger partial charge in [0.15, 0.2) is 5.78 Å². The molecule has 1 aromatic carbocycles. The first kappa shape index (κ1) is 10.8. The van der Waals surface area contributed by atoms with Crippen LogP contribution >= 0.6 is 12.4 Å². The number of hydrogen-bond acceptors (Lipinski definition) is 3. The van der Waals surface area contributed by atoms with E-state index in [1.54, 1.807) is 24.5 Å². The van der Waals surface area contributed by atoms with Gasteiger partial charge >= 0.3 is 0 Å². The Morgan fingerprint density at radius 2 is 2.14 bits per heavy atom. The van der Waals surface area contributed by atoms with Gasteiger partial charge in [-0.1, -0.05) is 0 Å². The lowest BCUT2D eigenvalue weighted by Crippen LogP contribution is -2.13. The highest BCUT2D eigenvalue weighted by Crippen LogP contribution is 2.16. The predicted molar refractivity (Wildman–Crippen MR) is 56.8 cm³/mol. The van der Waals surface area contributed by atoms with E-state index >= 15 is 0 Å². The minimum Gasteiger partial charge on any atom is -0.464 e. The Bertz CT molecular complexity index is 450. The first-order valence-electron chi connectivity index (χ1n) is 4.02. The summed E-state index contributed by atoms with van der Waals surface area (Å²) in [6.45, 7) is 0.0450. The van der Waals surface area contributed by atoms with Crippen LogP contribution in [0.25, 0.3) is 11.0 Å². The molecular formula is C10H10ClNO2. The van der Waals surface area contributed by atoms with Crippen molar-refractivity contribution in [3.8, 4) is 0 Å². The Balaban J connectivity index is 0.000000980. The van der Waals surface area contributed by atoms with Crippen molar-refractivity contribution in [3.05, 3.63) is 36.1 Å². The van der Waals surface area contributed by atoms with E-state index in [0.29, 0.717) is 5.56 Å².